The third-order valence-electron chi connectivity index (χ3n) is 9.61. The summed E-state index contributed by atoms with van der Waals surface area (Å²) in [4.78, 5) is 16.3. The molecule has 1 aliphatic heterocycles. The van der Waals surface area contributed by atoms with Crippen LogP contribution < -0.4 is 21.7 Å². The second-order valence-electron chi connectivity index (χ2n) is 14.3. The van der Waals surface area contributed by atoms with Gasteiger partial charge in [-0.3, -0.25) is 4.79 Å². The Morgan fingerprint density at radius 3 is 2.02 bits per heavy atom. The average Bonchev–Trinajstić information content (AvgIpc) is 3.57. The summed E-state index contributed by atoms with van der Waals surface area (Å²) in [5, 5.41) is 10.7. The SMILES string of the molecule is C=C(NC(C(=O)N1CC(C(=C)NC(CC2CCC2)C(=C)C(=C)C)C2[C@@H](C)[C@H]2C1)C(C)(C)CC)NC(C)(C)C.CC.CN. The molecule has 1 saturated heterocycles. The van der Waals surface area contributed by atoms with E-state index in [0.29, 0.717) is 30.1 Å². The number of likely N-dealkylation sites (tertiary alicyclic amines) is 1. The summed E-state index contributed by atoms with van der Waals surface area (Å²) in [5.41, 5.74) is 7.33. The zero-order chi connectivity index (χ0) is 32.6. The summed E-state index contributed by atoms with van der Waals surface area (Å²) in [6.07, 6.45) is 5.92. The van der Waals surface area contributed by atoms with Crippen LogP contribution in [-0.4, -0.2) is 48.6 Å². The molecule has 0 aromatic rings. The summed E-state index contributed by atoms with van der Waals surface area (Å²) >= 11 is 0. The Labute approximate surface area is 260 Å². The highest BCUT2D eigenvalue weighted by Gasteiger charge is 2.57. The van der Waals surface area contributed by atoms with Crippen molar-refractivity contribution in [1.82, 2.24) is 20.9 Å². The van der Waals surface area contributed by atoms with Crippen LogP contribution in [0.15, 0.2) is 49.0 Å². The van der Waals surface area contributed by atoms with Gasteiger partial charge in [0.1, 0.15) is 6.04 Å². The fourth-order valence-electron chi connectivity index (χ4n) is 6.36. The van der Waals surface area contributed by atoms with E-state index in [9.17, 15) is 4.79 Å². The smallest absolute Gasteiger partial charge is 0.245 e. The first kappa shape index (κ1) is 37.8. The lowest BCUT2D eigenvalue weighted by Crippen LogP contribution is -2.57. The molecule has 6 nitrogen and oxygen atoms in total. The van der Waals surface area contributed by atoms with Gasteiger partial charge in [-0.1, -0.05) is 92.7 Å². The van der Waals surface area contributed by atoms with Crippen molar-refractivity contribution in [2.24, 2.45) is 40.7 Å². The van der Waals surface area contributed by atoms with Gasteiger partial charge in [-0.2, -0.15) is 0 Å². The van der Waals surface area contributed by atoms with Gasteiger partial charge in [-0.15, -0.1) is 0 Å². The van der Waals surface area contributed by atoms with Gasteiger partial charge in [0.15, 0.2) is 0 Å². The third kappa shape index (κ3) is 9.92. The molecule has 2 aliphatic carbocycles. The minimum Gasteiger partial charge on any atom is -0.382 e. The Morgan fingerprint density at radius 2 is 1.57 bits per heavy atom. The van der Waals surface area contributed by atoms with E-state index in [4.69, 9.17) is 0 Å². The molecule has 6 heteroatoms. The van der Waals surface area contributed by atoms with E-state index < -0.39 is 0 Å². The van der Waals surface area contributed by atoms with Gasteiger partial charge in [0.05, 0.1) is 11.9 Å². The highest BCUT2D eigenvalue weighted by molar-refractivity contribution is 5.83. The Bertz CT molecular complexity index is 941. The third-order valence-corrected chi connectivity index (χ3v) is 9.61. The van der Waals surface area contributed by atoms with Gasteiger partial charge in [-0.05, 0) is 82.2 Å². The van der Waals surface area contributed by atoms with Gasteiger partial charge in [0.2, 0.25) is 5.91 Å². The van der Waals surface area contributed by atoms with Crippen LogP contribution in [0.4, 0.5) is 0 Å². The number of nitrogens with two attached hydrogens (primary N) is 1. The van der Waals surface area contributed by atoms with Crippen LogP contribution in [0.2, 0.25) is 0 Å². The number of carbonyl (C=O) groups excluding carboxylic acids is 1. The Balaban J connectivity index is 0.00000211. The molecule has 42 heavy (non-hydrogen) atoms. The number of piperidine rings is 1. The molecule has 1 amide bonds. The lowest BCUT2D eigenvalue weighted by Gasteiger charge is -2.42. The maximum atomic E-state index is 14.2. The molecule has 242 valence electrons. The molecule has 5 N–H and O–H groups in total. The van der Waals surface area contributed by atoms with E-state index in [1.165, 1.54) is 26.3 Å². The van der Waals surface area contributed by atoms with Crippen LogP contribution in [0.5, 0.6) is 0 Å². The van der Waals surface area contributed by atoms with E-state index in [1.807, 2.05) is 20.8 Å². The van der Waals surface area contributed by atoms with Crippen LogP contribution >= 0.6 is 0 Å². The average molecular weight is 586 g/mol. The molecule has 3 aliphatic rings. The van der Waals surface area contributed by atoms with Crippen molar-refractivity contribution in [3.63, 3.8) is 0 Å². The minimum absolute atomic E-state index is 0.131. The standard InChI is InChI=1S/C33H56N4O.C2H6.CH5N/c1-13-33(11,12)30(35-24(7)36-32(8,9)10)31(38)37-18-26-22(5)29(26)27(19-37)23(6)34-28(21(4)20(2)3)17-25-15-14-16-25;2*1-2/h22,25-30,34-36H,2,4,6-7,13-19H2,1,3,5,8-12H3;1-2H3;2H2,1H3/t22-,26+,27?,28?,29?,30?;;/m0../s1. The second-order valence-corrected chi connectivity index (χ2v) is 14.3. The van der Waals surface area contributed by atoms with Crippen LogP contribution in [0.25, 0.3) is 0 Å². The molecule has 0 radical (unpaired) electrons. The van der Waals surface area contributed by atoms with E-state index in [1.54, 1.807) is 0 Å². The van der Waals surface area contributed by atoms with Gasteiger partial charge in [0.25, 0.3) is 0 Å². The number of nitrogens with one attached hydrogen (secondary N) is 3. The van der Waals surface area contributed by atoms with Gasteiger partial charge < -0.3 is 26.6 Å². The quantitative estimate of drug-likeness (QED) is 0.175. The number of hydrogen-bond acceptors (Lipinski definition) is 5. The second kappa shape index (κ2) is 16.0. The van der Waals surface area contributed by atoms with Crippen LogP contribution in [0.1, 0.15) is 101 Å². The van der Waals surface area contributed by atoms with Gasteiger partial charge >= 0.3 is 0 Å². The van der Waals surface area contributed by atoms with Crippen molar-refractivity contribution in [2.75, 3.05) is 20.1 Å². The monoisotopic (exact) mass is 586 g/mol. The Morgan fingerprint density at radius 1 is 1.00 bits per heavy atom. The molecule has 1 heterocycles. The number of hydrogen-bond donors (Lipinski definition) is 4. The predicted molar refractivity (Wildman–Crippen MR) is 183 cm³/mol. The van der Waals surface area contributed by atoms with Crippen LogP contribution in [0.3, 0.4) is 0 Å². The topological polar surface area (TPSA) is 82.4 Å². The molecule has 2 saturated carbocycles. The highest BCUT2D eigenvalue weighted by Crippen LogP contribution is 2.55. The molecular formula is C36H67N5O. The van der Waals surface area contributed by atoms with Crippen LogP contribution in [-0.2, 0) is 4.79 Å². The first-order valence-corrected chi connectivity index (χ1v) is 16.5. The molecule has 3 rings (SSSR count). The molecule has 6 atom stereocenters. The first-order chi connectivity index (χ1) is 19.6. The van der Waals surface area contributed by atoms with Crippen molar-refractivity contribution in [3.8, 4) is 0 Å². The van der Waals surface area contributed by atoms with E-state index >= 15 is 0 Å². The lowest BCUT2D eigenvalue weighted by molar-refractivity contribution is -0.138. The zero-order valence-corrected chi connectivity index (χ0v) is 29.3. The maximum Gasteiger partial charge on any atom is 0.245 e. The fraction of sp³-hybridized carbons (Fsp3) is 0.750. The summed E-state index contributed by atoms with van der Waals surface area (Å²) in [5.74, 6) is 3.60. The van der Waals surface area contributed by atoms with Crippen molar-refractivity contribution in [3.05, 3.63) is 49.0 Å². The summed E-state index contributed by atoms with van der Waals surface area (Å²) in [6, 6.07) is -0.180. The summed E-state index contributed by atoms with van der Waals surface area (Å²) in [7, 11) is 1.50. The number of nitrogens with zero attached hydrogens (tertiary/aromatic N) is 1. The lowest BCUT2D eigenvalue weighted by atomic mass is 9.78. The van der Waals surface area contributed by atoms with Crippen LogP contribution in [0, 0.1) is 35.0 Å². The minimum atomic E-state index is -0.350. The highest BCUT2D eigenvalue weighted by atomic mass is 16.2. The normalized spacial score (nSPS) is 24.5. The largest absolute Gasteiger partial charge is 0.382 e. The molecule has 0 spiro atoms. The molecular weight excluding hydrogens is 518 g/mol. The maximum absolute atomic E-state index is 14.2. The van der Waals surface area contributed by atoms with Crippen molar-refractivity contribution in [2.45, 2.75) is 119 Å². The molecule has 0 aromatic carbocycles. The predicted octanol–water partition coefficient (Wildman–Crippen LogP) is 6.98. The van der Waals surface area contributed by atoms with E-state index in [-0.39, 0.29) is 34.9 Å². The number of carbonyl (C=O) groups is 1. The van der Waals surface area contributed by atoms with Gasteiger partial charge in [0, 0.05) is 30.2 Å². The number of amides is 1. The molecule has 3 fully saturated rings. The van der Waals surface area contributed by atoms with Gasteiger partial charge in [-0.25, -0.2) is 0 Å². The summed E-state index contributed by atoms with van der Waals surface area (Å²) in [6.45, 7) is 40.0. The van der Waals surface area contributed by atoms with E-state index in [2.05, 4.69) is 101 Å². The van der Waals surface area contributed by atoms with Crippen molar-refractivity contribution in [1.29, 1.82) is 0 Å². The Kier molecular flexibility index (Phi) is 14.4. The molecule has 0 bridgehead atoms. The first-order valence-electron chi connectivity index (χ1n) is 16.5. The number of rotatable bonds is 13. The fourth-order valence-corrected chi connectivity index (χ4v) is 6.36. The molecule has 0 aromatic heterocycles. The van der Waals surface area contributed by atoms with E-state index in [0.717, 1.165) is 42.1 Å². The summed E-state index contributed by atoms with van der Waals surface area (Å²) < 4.78 is 0. The zero-order valence-electron chi connectivity index (χ0n) is 29.3. The molecule has 4 unspecified atom stereocenters. The van der Waals surface area contributed by atoms with Crippen molar-refractivity contribution < 1.29 is 4.79 Å². The number of fused-ring (bicyclic) bond motifs is 1. The van der Waals surface area contributed by atoms with Crippen molar-refractivity contribution >= 4 is 5.91 Å². The Hall–Kier alpha value is -2.21.